The number of anilines is 1. The van der Waals surface area contributed by atoms with Crippen LogP contribution in [0.25, 0.3) is 0 Å². The minimum absolute atomic E-state index is 0.115. The summed E-state index contributed by atoms with van der Waals surface area (Å²) in [5.74, 6) is 0.663. The van der Waals surface area contributed by atoms with Crippen LogP contribution in [0.15, 0.2) is 42.5 Å². The third-order valence-corrected chi connectivity index (χ3v) is 3.49. The molecule has 1 heterocycles. The van der Waals surface area contributed by atoms with Crippen molar-refractivity contribution >= 4 is 23.2 Å². The molecule has 1 amide bonds. The largest absolute Gasteiger partial charge is 0.497 e. The Bertz CT molecular complexity index is 655. The van der Waals surface area contributed by atoms with Crippen LogP contribution in [0.2, 0.25) is 5.02 Å². The molecule has 0 fully saturated rings. The molecule has 5 heteroatoms. The van der Waals surface area contributed by atoms with Crippen LogP contribution in [0.5, 0.6) is 5.75 Å². The van der Waals surface area contributed by atoms with E-state index in [1.54, 1.807) is 25.3 Å². The molecule has 2 N–H and O–H groups in total. The van der Waals surface area contributed by atoms with Crippen molar-refractivity contribution in [2.75, 3.05) is 12.4 Å². The molecule has 1 unspecified atom stereocenters. The molecular weight excluding hydrogens is 276 g/mol. The van der Waals surface area contributed by atoms with Crippen LogP contribution in [0.4, 0.5) is 5.69 Å². The van der Waals surface area contributed by atoms with Gasteiger partial charge in [-0.15, -0.1) is 0 Å². The lowest BCUT2D eigenvalue weighted by Crippen LogP contribution is -2.38. The van der Waals surface area contributed by atoms with Crippen LogP contribution in [-0.2, 0) is 0 Å². The Kier molecular flexibility index (Phi) is 3.24. The average Bonchev–Trinajstić information content (AvgIpc) is 2.46. The summed E-state index contributed by atoms with van der Waals surface area (Å²) in [6.45, 7) is 0. The molecule has 102 valence electrons. The first-order valence-corrected chi connectivity index (χ1v) is 6.56. The van der Waals surface area contributed by atoms with E-state index < -0.39 is 0 Å². The fraction of sp³-hybridized carbons (Fsp3) is 0.133. The second-order valence-corrected chi connectivity index (χ2v) is 4.95. The van der Waals surface area contributed by atoms with Crippen molar-refractivity contribution < 1.29 is 9.53 Å². The molecule has 2 aromatic carbocycles. The highest BCUT2D eigenvalue weighted by molar-refractivity contribution is 6.31. The van der Waals surface area contributed by atoms with Gasteiger partial charge in [-0.1, -0.05) is 23.7 Å². The highest BCUT2D eigenvalue weighted by atomic mass is 35.5. The lowest BCUT2D eigenvalue weighted by Gasteiger charge is -2.28. The third kappa shape index (κ3) is 2.30. The van der Waals surface area contributed by atoms with Crippen LogP contribution >= 0.6 is 11.6 Å². The number of benzene rings is 2. The zero-order valence-corrected chi connectivity index (χ0v) is 11.6. The summed E-state index contributed by atoms with van der Waals surface area (Å²) in [5, 5.41) is 6.77. The quantitative estimate of drug-likeness (QED) is 0.892. The molecule has 0 spiro atoms. The van der Waals surface area contributed by atoms with E-state index in [0.29, 0.717) is 10.6 Å². The number of halogens is 1. The van der Waals surface area contributed by atoms with Gasteiger partial charge >= 0.3 is 0 Å². The van der Waals surface area contributed by atoms with Gasteiger partial charge in [0, 0.05) is 5.02 Å². The summed E-state index contributed by atoms with van der Waals surface area (Å²) in [4.78, 5) is 12.1. The van der Waals surface area contributed by atoms with E-state index in [0.717, 1.165) is 17.0 Å². The van der Waals surface area contributed by atoms with Crippen LogP contribution in [0, 0.1) is 0 Å². The van der Waals surface area contributed by atoms with Gasteiger partial charge in [-0.3, -0.25) is 4.79 Å². The Morgan fingerprint density at radius 1 is 1.10 bits per heavy atom. The standard InChI is InChI=1S/C15H13ClN2O2/c1-20-11-5-2-9(3-6-11)14-17-13-8-10(16)4-7-12(13)15(19)18-14/h2-8,14,17H,1H3,(H,18,19). The number of methoxy groups -OCH3 is 1. The first kappa shape index (κ1) is 12.8. The molecule has 0 radical (unpaired) electrons. The molecule has 1 aliphatic heterocycles. The summed E-state index contributed by atoms with van der Waals surface area (Å²) in [5.41, 5.74) is 2.28. The maximum absolute atomic E-state index is 12.1. The Morgan fingerprint density at radius 3 is 2.55 bits per heavy atom. The second kappa shape index (κ2) is 5.06. The van der Waals surface area contributed by atoms with Gasteiger partial charge in [0.15, 0.2) is 0 Å². The smallest absolute Gasteiger partial charge is 0.255 e. The van der Waals surface area contributed by atoms with Gasteiger partial charge in [0.05, 0.1) is 18.4 Å². The van der Waals surface area contributed by atoms with E-state index >= 15 is 0 Å². The van der Waals surface area contributed by atoms with Crippen molar-refractivity contribution in [3.63, 3.8) is 0 Å². The molecule has 4 nitrogen and oxygen atoms in total. The zero-order valence-electron chi connectivity index (χ0n) is 10.8. The van der Waals surface area contributed by atoms with Gasteiger partial charge in [-0.05, 0) is 35.9 Å². The molecule has 1 aliphatic rings. The highest BCUT2D eigenvalue weighted by Gasteiger charge is 2.24. The van der Waals surface area contributed by atoms with E-state index in [-0.39, 0.29) is 12.1 Å². The molecule has 0 bridgehead atoms. The number of carbonyl (C=O) groups is 1. The van der Waals surface area contributed by atoms with Crippen LogP contribution < -0.4 is 15.4 Å². The molecular formula is C15H13ClN2O2. The molecule has 0 saturated heterocycles. The van der Waals surface area contributed by atoms with Gasteiger partial charge < -0.3 is 15.4 Å². The maximum atomic E-state index is 12.1. The topological polar surface area (TPSA) is 50.4 Å². The minimum atomic E-state index is -0.278. The Morgan fingerprint density at radius 2 is 1.85 bits per heavy atom. The van der Waals surface area contributed by atoms with Crippen molar-refractivity contribution in [3.8, 4) is 5.75 Å². The average molecular weight is 289 g/mol. The molecule has 0 aliphatic carbocycles. The normalized spacial score (nSPS) is 16.9. The number of hydrogen-bond acceptors (Lipinski definition) is 3. The summed E-state index contributed by atoms with van der Waals surface area (Å²) in [6, 6.07) is 12.7. The van der Waals surface area contributed by atoms with Gasteiger partial charge in [-0.2, -0.15) is 0 Å². The molecule has 0 aromatic heterocycles. The van der Waals surface area contributed by atoms with Crippen molar-refractivity contribution in [1.82, 2.24) is 5.32 Å². The van der Waals surface area contributed by atoms with E-state index in [2.05, 4.69) is 10.6 Å². The predicted molar refractivity (Wildman–Crippen MR) is 78.3 cm³/mol. The van der Waals surface area contributed by atoms with Crippen LogP contribution in [0.1, 0.15) is 22.1 Å². The highest BCUT2D eigenvalue weighted by Crippen LogP contribution is 2.29. The third-order valence-electron chi connectivity index (χ3n) is 3.25. The van der Waals surface area contributed by atoms with E-state index in [4.69, 9.17) is 16.3 Å². The van der Waals surface area contributed by atoms with Crippen molar-refractivity contribution in [3.05, 3.63) is 58.6 Å². The fourth-order valence-corrected chi connectivity index (χ4v) is 2.37. The van der Waals surface area contributed by atoms with Gasteiger partial charge in [-0.25, -0.2) is 0 Å². The summed E-state index contributed by atoms with van der Waals surface area (Å²) in [6.07, 6.45) is -0.278. The Balaban J connectivity index is 1.91. The van der Waals surface area contributed by atoms with E-state index in [1.807, 2.05) is 24.3 Å². The zero-order chi connectivity index (χ0) is 14.1. The number of ether oxygens (including phenoxy) is 1. The number of hydrogen-bond donors (Lipinski definition) is 2. The molecule has 1 atom stereocenters. The number of carbonyl (C=O) groups excluding carboxylic acids is 1. The van der Waals surface area contributed by atoms with Crippen LogP contribution in [0.3, 0.4) is 0 Å². The van der Waals surface area contributed by atoms with Gasteiger partial charge in [0.1, 0.15) is 11.9 Å². The van der Waals surface area contributed by atoms with Gasteiger partial charge in [0.2, 0.25) is 0 Å². The van der Waals surface area contributed by atoms with Crippen molar-refractivity contribution in [1.29, 1.82) is 0 Å². The maximum Gasteiger partial charge on any atom is 0.255 e. The SMILES string of the molecule is COc1ccc(C2NC(=O)c3ccc(Cl)cc3N2)cc1. The minimum Gasteiger partial charge on any atom is -0.497 e. The van der Waals surface area contributed by atoms with Crippen molar-refractivity contribution in [2.24, 2.45) is 0 Å². The first-order chi connectivity index (χ1) is 9.67. The van der Waals surface area contributed by atoms with E-state index in [1.165, 1.54) is 0 Å². The Hall–Kier alpha value is -2.20. The molecule has 20 heavy (non-hydrogen) atoms. The fourth-order valence-electron chi connectivity index (χ4n) is 2.20. The summed E-state index contributed by atoms with van der Waals surface area (Å²) in [7, 11) is 1.62. The molecule has 3 rings (SSSR count). The summed E-state index contributed by atoms with van der Waals surface area (Å²) < 4.78 is 5.12. The second-order valence-electron chi connectivity index (χ2n) is 4.51. The number of fused-ring (bicyclic) bond motifs is 1. The molecule has 2 aromatic rings. The van der Waals surface area contributed by atoms with E-state index in [9.17, 15) is 4.79 Å². The Labute approximate surface area is 121 Å². The monoisotopic (exact) mass is 288 g/mol. The number of rotatable bonds is 2. The lowest BCUT2D eigenvalue weighted by molar-refractivity contribution is 0.0935. The van der Waals surface area contributed by atoms with Crippen molar-refractivity contribution in [2.45, 2.75) is 6.17 Å². The lowest BCUT2D eigenvalue weighted by atomic mass is 10.1. The first-order valence-electron chi connectivity index (χ1n) is 6.18. The molecule has 0 saturated carbocycles. The summed E-state index contributed by atoms with van der Waals surface area (Å²) >= 11 is 5.97. The number of nitrogens with one attached hydrogen (secondary N) is 2. The number of amides is 1. The van der Waals surface area contributed by atoms with Crippen LogP contribution in [-0.4, -0.2) is 13.0 Å². The predicted octanol–water partition coefficient (Wildman–Crippen LogP) is 3.20. The van der Waals surface area contributed by atoms with Gasteiger partial charge in [0.25, 0.3) is 5.91 Å².